The summed E-state index contributed by atoms with van der Waals surface area (Å²) in [6.45, 7) is 0.156. The van der Waals surface area contributed by atoms with Gasteiger partial charge < -0.3 is 10.1 Å². The molecule has 0 saturated heterocycles. The third-order valence-electron chi connectivity index (χ3n) is 2.65. The fraction of sp³-hybridized carbons (Fsp3) is 0.118. The number of carbonyl (C=O) groups is 1. The Bertz CT molecular complexity index is 703. The van der Waals surface area contributed by atoms with E-state index < -0.39 is 0 Å². The molecule has 0 aromatic heterocycles. The number of benzene rings is 2. The molecule has 2 aromatic carbocycles. The van der Waals surface area contributed by atoms with Crippen molar-refractivity contribution in [2.24, 2.45) is 0 Å². The standard InChI is InChI=1S/C17H13Cl2NO2/c18-14-7-9-15(10-8-14)22-12-17(21)20-11-3-5-13-4-1-2-6-16(13)19/h1-2,4,6-10H,11-12H2,(H,20,21). The zero-order chi connectivity index (χ0) is 15.8. The van der Waals surface area contributed by atoms with Crippen LogP contribution in [0.3, 0.4) is 0 Å². The summed E-state index contributed by atoms with van der Waals surface area (Å²) in [4.78, 5) is 11.6. The minimum absolute atomic E-state index is 0.0740. The molecule has 2 rings (SSSR count). The number of hydrogen-bond donors (Lipinski definition) is 1. The van der Waals surface area contributed by atoms with E-state index in [-0.39, 0.29) is 19.1 Å². The fourth-order valence-corrected chi connectivity index (χ4v) is 1.88. The lowest BCUT2D eigenvalue weighted by atomic mass is 10.2. The van der Waals surface area contributed by atoms with Crippen LogP contribution < -0.4 is 10.1 Å². The lowest BCUT2D eigenvalue weighted by Gasteiger charge is -2.05. The van der Waals surface area contributed by atoms with Crippen molar-refractivity contribution in [3.8, 4) is 17.6 Å². The predicted molar refractivity (Wildman–Crippen MR) is 88.3 cm³/mol. The van der Waals surface area contributed by atoms with Crippen LogP contribution in [-0.2, 0) is 4.79 Å². The number of ether oxygens (including phenoxy) is 1. The van der Waals surface area contributed by atoms with Gasteiger partial charge in [-0.2, -0.15) is 0 Å². The molecule has 0 spiro atoms. The molecule has 0 unspecified atom stereocenters. The van der Waals surface area contributed by atoms with E-state index >= 15 is 0 Å². The van der Waals surface area contributed by atoms with Gasteiger partial charge in [-0.25, -0.2) is 0 Å². The second-order valence-corrected chi connectivity index (χ2v) is 5.14. The van der Waals surface area contributed by atoms with Crippen molar-refractivity contribution in [1.29, 1.82) is 0 Å². The first-order valence-electron chi connectivity index (χ1n) is 6.53. The van der Waals surface area contributed by atoms with Gasteiger partial charge in [0.05, 0.1) is 11.6 Å². The number of halogens is 2. The summed E-state index contributed by atoms with van der Waals surface area (Å²) in [6, 6.07) is 14.1. The van der Waals surface area contributed by atoms with Crippen LogP contribution in [0, 0.1) is 11.8 Å². The van der Waals surface area contributed by atoms with E-state index in [1.54, 1.807) is 30.3 Å². The van der Waals surface area contributed by atoms with Gasteiger partial charge in [-0.3, -0.25) is 4.79 Å². The number of nitrogens with one attached hydrogen (secondary N) is 1. The molecule has 1 amide bonds. The molecule has 5 heteroatoms. The molecule has 0 fully saturated rings. The highest BCUT2D eigenvalue weighted by Crippen LogP contribution is 2.15. The Labute approximate surface area is 139 Å². The first kappa shape index (κ1) is 16.2. The van der Waals surface area contributed by atoms with E-state index in [0.717, 1.165) is 5.56 Å². The fourth-order valence-electron chi connectivity index (χ4n) is 1.58. The highest BCUT2D eigenvalue weighted by molar-refractivity contribution is 6.31. The van der Waals surface area contributed by atoms with Gasteiger partial charge in [-0.15, -0.1) is 0 Å². The quantitative estimate of drug-likeness (QED) is 0.869. The summed E-state index contributed by atoms with van der Waals surface area (Å²) in [5, 5.41) is 3.85. The molecular weight excluding hydrogens is 321 g/mol. The van der Waals surface area contributed by atoms with Crippen LogP contribution in [0.25, 0.3) is 0 Å². The molecule has 1 N–H and O–H groups in total. The van der Waals surface area contributed by atoms with Crippen molar-refractivity contribution in [3.63, 3.8) is 0 Å². The van der Waals surface area contributed by atoms with Gasteiger partial charge >= 0.3 is 0 Å². The zero-order valence-electron chi connectivity index (χ0n) is 11.6. The SMILES string of the molecule is O=C(COc1ccc(Cl)cc1)NCC#Cc1ccccc1Cl. The minimum atomic E-state index is -0.247. The summed E-state index contributed by atoms with van der Waals surface area (Å²) in [5.41, 5.74) is 0.732. The summed E-state index contributed by atoms with van der Waals surface area (Å²) < 4.78 is 5.32. The van der Waals surface area contributed by atoms with Crippen LogP contribution in [0.5, 0.6) is 5.75 Å². The molecule has 0 atom stereocenters. The Morgan fingerprint density at radius 1 is 1.09 bits per heavy atom. The van der Waals surface area contributed by atoms with Gasteiger partial charge in [-0.05, 0) is 36.4 Å². The maximum atomic E-state index is 11.6. The average Bonchev–Trinajstić information content (AvgIpc) is 2.52. The Hall–Kier alpha value is -2.15. The summed E-state index contributed by atoms with van der Waals surface area (Å²) in [6.07, 6.45) is 0. The highest BCUT2D eigenvalue weighted by atomic mass is 35.5. The molecule has 2 aromatic rings. The van der Waals surface area contributed by atoms with Gasteiger partial charge in [0.2, 0.25) is 0 Å². The second kappa shape index (κ2) is 8.33. The Morgan fingerprint density at radius 2 is 1.82 bits per heavy atom. The van der Waals surface area contributed by atoms with Gasteiger partial charge in [0, 0.05) is 10.6 Å². The maximum absolute atomic E-state index is 11.6. The predicted octanol–water partition coefficient (Wildman–Crippen LogP) is 3.54. The maximum Gasteiger partial charge on any atom is 0.258 e. The lowest BCUT2D eigenvalue weighted by molar-refractivity contribution is -0.122. The Kier molecular flexibility index (Phi) is 6.14. The number of amides is 1. The summed E-state index contributed by atoms with van der Waals surface area (Å²) >= 11 is 11.7. The molecule has 3 nitrogen and oxygen atoms in total. The lowest BCUT2D eigenvalue weighted by Crippen LogP contribution is -2.29. The van der Waals surface area contributed by atoms with E-state index in [1.807, 2.05) is 18.2 Å². The molecule has 0 saturated carbocycles. The van der Waals surface area contributed by atoms with Gasteiger partial charge in [0.15, 0.2) is 6.61 Å². The van der Waals surface area contributed by atoms with Gasteiger partial charge in [0.25, 0.3) is 5.91 Å². The number of hydrogen-bond acceptors (Lipinski definition) is 2. The largest absolute Gasteiger partial charge is 0.484 e. The van der Waals surface area contributed by atoms with E-state index in [4.69, 9.17) is 27.9 Å². The third-order valence-corrected chi connectivity index (χ3v) is 3.24. The van der Waals surface area contributed by atoms with Gasteiger partial charge in [-0.1, -0.05) is 47.2 Å². The first-order chi connectivity index (χ1) is 10.6. The topological polar surface area (TPSA) is 38.3 Å². The van der Waals surface area contributed by atoms with Crippen molar-refractivity contribution >= 4 is 29.1 Å². The normalized spacial score (nSPS) is 9.55. The summed E-state index contributed by atoms with van der Waals surface area (Å²) in [5.74, 6) is 6.07. The molecule has 0 aliphatic heterocycles. The van der Waals surface area contributed by atoms with Crippen LogP contribution in [0.2, 0.25) is 10.0 Å². The van der Waals surface area contributed by atoms with E-state index in [9.17, 15) is 4.79 Å². The highest BCUT2D eigenvalue weighted by Gasteiger charge is 2.01. The van der Waals surface area contributed by atoms with Gasteiger partial charge in [0.1, 0.15) is 5.75 Å². The van der Waals surface area contributed by atoms with Crippen molar-refractivity contribution in [1.82, 2.24) is 5.32 Å². The van der Waals surface area contributed by atoms with Crippen LogP contribution in [0.4, 0.5) is 0 Å². The Balaban J connectivity index is 1.74. The van der Waals surface area contributed by atoms with Crippen LogP contribution in [0.15, 0.2) is 48.5 Å². The average molecular weight is 334 g/mol. The molecule has 112 valence electrons. The van der Waals surface area contributed by atoms with Crippen molar-refractivity contribution < 1.29 is 9.53 Å². The van der Waals surface area contributed by atoms with E-state index in [1.165, 1.54) is 0 Å². The summed E-state index contributed by atoms with van der Waals surface area (Å²) in [7, 11) is 0. The molecule has 0 bridgehead atoms. The van der Waals surface area contributed by atoms with E-state index in [2.05, 4.69) is 17.2 Å². The second-order valence-electron chi connectivity index (χ2n) is 4.30. The molecular formula is C17H13Cl2NO2. The zero-order valence-corrected chi connectivity index (χ0v) is 13.1. The molecule has 22 heavy (non-hydrogen) atoms. The van der Waals surface area contributed by atoms with Crippen LogP contribution >= 0.6 is 23.2 Å². The first-order valence-corrected chi connectivity index (χ1v) is 7.29. The molecule has 0 aliphatic rings. The monoisotopic (exact) mass is 333 g/mol. The smallest absolute Gasteiger partial charge is 0.258 e. The van der Waals surface area contributed by atoms with Crippen molar-refractivity contribution in [3.05, 3.63) is 64.1 Å². The third kappa shape index (κ3) is 5.33. The number of rotatable bonds is 4. The minimum Gasteiger partial charge on any atom is -0.484 e. The van der Waals surface area contributed by atoms with Crippen LogP contribution in [0.1, 0.15) is 5.56 Å². The van der Waals surface area contributed by atoms with Crippen molar-refractivity contribution in [2.45, 2.75) is 0 Å². The molecule has 0 heterocycles. The van der Waals surface area contributed by atoms with Crippen LogP contribution in [-0.4, -0.2) is 19.1 Å². The Morgan fingerprint density at radius 3 is 2.55 bits per heavy atom. The van der Waals surface area contributed by atoms with E-state index in [0.29, 0.717) is 15.8 Å². The molecule has 0 radical (unpaired) electrons. The number of carbonyl (C=O) groups excluding carboxylic acids is 1. The molecule has 0 aliphatic carbocycles. The van der Waals surface area contributed by atoms with Crippen molar-refractivity contribution in [2.75, 3.05) is 13.2 Å².